The quantitative estimate of drug-likeness (QED) is 0.782. The summed E-state index contributed by atoms with van der Waals surface area (Å²) in [6.07, 6.45) is 7.16. The second-order valence-corrected chi connectivity index (χ2v) is 6.20. The first-order valence-corrected chi connectivity index (χ1v) is 8.51. The van der Waals surface area contributed by atoms with Crippen molar-refractivity contribution < 1.29 is 4.79 Å². The fourth-order valence-corrected chi connectivity index (χ4v) is 2.94. The zero-order valence-electron chi connectivity index (χ0n) is 13.5. The van der Waals surface area contributed by atoms with Gasteiger partial charge in [-0.25, -0.2) is 0 Å². The van der Waals surface area contributed by atoms with Crippen molar-refractivity contribution in [1.29, 1.82) is 0 Å². The van der Waals surface area contributed by atoms with Crippen molar-refractivity contribution in [3.63, 3.8) is 0 Å². The molecule has 0 atom stereocenters. The third kappa shape index (κ3) is 4.46. The summed E-state index contributed by atoms with van der Waals surface area (Å²) in [4.78, 5) is 16.5. The van der Waals surface area contributed by atoms with Crippen LogP contribution in [0.5, 0.6) is 0 Å². The molecule has 1 amide bonds. The molecule has 126 valence electrons. The van der Waals surface area contributed by atoms with Gasteiger partial charge < -0.3 is 4.90 Å². The van der Waals surface area contributed by atoms with Gasteiger partial charge in [0.25, 0.3) is 0 Å². The Bertz CT molecular complexity index is 691. The molecule has 0 saturated carbocycles. The number of piperazine rings is 1. The molecule has 0 bridgehead atoms. The van der Waals surface area contributed by atoms with Gasteiger partial charge in [-0.05, 0) is 23.8 Å². The van der Waals surface area contributed by atoms with E-state index < -0.39 is 0 Å². The zero-order valence-corrected chi connectivity index (χ0v) is 14.3. The Labute approximate surface area is 147 Å². The number of nitrogens with zero attached hydrogens (tertiary/aromatic N) is 4. The van der Waals surface area contributed by atoms with Crippen molar-refractivity contribution in [3.05, 3.63) is 59.4 Å². The van der Waals surface area contributed by atoms with E-state index in [0.717, 1.165) is 44.8 Å². The first-order chi connectivity index (χ1) is 11.7. The molecule has 1 aliphatic heterocycles. The van der Waals surface area contributed by atoms with Crippen molar-refractivity contribution in [3.8, 4) is 0 Å². The summed E-state index contributed by atoms with van der Waals surface area (Å²) in [5.41, 5.74) is 0.866. The summed E-state index contributed by atoms with van der Waals surface area (Å²) < 4.78 is 1.93. The molecule has 1 aliphatic rings. The van der Waals surface area contributed by atoms with E-state index in [9.17, 15) is 4.79 Å². The van der Waals surface area contributed by atoms with Gasteiger partial charge in [-0.2, -0.15) is 5.10 Å². The Morgan fingerprint density at radius 1 is 1.12 bits per heavy atom. The highest BCUT2D eigenvalue weighted by molar-refractivity contribution is 6.32. The van der Waals surface area contributed by atoms with Crippen LogP contribution < -0.4 is 0 Å². The van der Waals surface area contributed by atoms with E-state index in [1.165, 1.54) is 0 Å². The van der Waals surface area contributed by atoms with Crippen molar-refractivity contribution >= 4 is 23.6 Å². The molecule has 0 N–H and O–H groups in total. The molecule has 3 rings (SSSR count). The molecule has 0 aliphatic carbocycles. The molecule has 2 aromatic rings. The van der Waals surface area contributed by atoms with Crippen LogP contribution in [0.3, 0.4) is 0 Å². The lowest BCUT2D eigenvalue weighted by Gasteiger charge is -2.34. The molecule has 0 unspecified atom stereocenters. The topological polar surface area (TPSA) is 41.4 Å². The maximum Gasteiger partial charge on any atom is 0.246 e. The second kappa shape index (κ2) is 8.13. The number of halogens is 1. The van der Waals surface area contributed by atoms with Gasteiger partial charge in [0, 0.05) is 56.2 Å². The van der Waals surface area contributed by atoms with Gasteiger partial charge >= 0.3 is 0 Å². The van der Waals surface area contributed by atoms with Crippen LogP contribution in [0.15, 0.2) is 48.8 Å². The number of hydrogen-bond acceptors (Lipinski definition) is 3. The van der Waals surface area contributed by atoms with Crippen LogP contribution in [-0.2, 0) is 11.3 Å². The molecular weight excluding hydrogens is 324 g/mol. The second-order valence-electron chi connectivity index (χ2n) is 5.79. The standard InChI is InChI=1S/C18H21ClN4O/c19-17-5-2-1-4-16(17)6-7-18(24)22-13-10-21(11-14-22)12-15-23-9-3-8-20-23/h1-9H,10-15H2/b7-6+. The molecule has 0 spiro atoms. The molecule has 1 saturated heterocycles. The minimum Gasteiger partial charge on any atom is -0.337 e. The first kappa shape index (κ1) is 16.7. The smallest absolute Gasteiger partial charge is 0.246 e. The average molecular weight is 345 g/mol. The maximum atomic E-state index is 12.3. The van der Waals surface area contributed by atoms with Gasteiger partial charge in [-0.3, -0.25) is 14.4 Å². The molecule has 5 nitrogen and oxygen atoms in total. The van der Waals surface area contributed by atoms with Crippen molar-refractivity contribution in [1.82, 2.24) is 19.6 Å². The minimum atomic E-state index is 0.0432. The Kier molecular flexibility index (Phi) is 5.67. The summed E-state index contributed by atoms with van der Waals surface area (Å²) in [6.45, 7) is 5.14. The van der Waals surface area contributed by atoms with E-state index in [2.05, 4.69) is 10.00 Å². The number of rotatable bonds is 5. The summed E-state index contributed by atoms with van der Waals surface area (Å²) in [5.74, 6) is 0.0432. The predicted octanol–water partition coefficient (Wildman–Crippen LogP) is 2.39. The van der Waals surface area contributed by atoms with Crippen LogP contribution in [0.1, 0.15) is 5.56 Å². The van der Waals surface area contributed by atoms with E-state index >= 15 is 0 Å². The highest BCUT2D eigenvalue weighted by atomic mass is 35.5. The molecule has 0 radical (unpaired) electrons. The molecule has 1 fully saturated rings. The van der Waals surface area contributed by atoms with Crippen LogP contribution in [-0.4, -0.2) is 58.2 Å². The molecule has 6 heteroatoms. The summed E-state index contributed by atoms with van der Waals surface area (Å²) >= 11 is 6.10. The Balaban J connectivity index is 1.45. The largest absolute Gasteiger partial charge is 0.337 e. The normalized spacial score (nSPS) is 16.0. The molecule has 2 heterocycles. The number of carbonyl (C=O) groups excluding carboxylic acids is 1. The fraction of sp³-hybridized carbons (Fsp3) is 0.333. The molecule has 1 aromatic heterocycles. The average Bonchev–Trinajstić information content (AvgIpc) is 3.13. The van der Waals surface area contributed by atoms with Gasteiger partial charge in [0.15, 0.2) is 0 Å². The SMILES string of the molecule is O=C(/C=C/c1ccccc1Cl)N1CCN(CCn2cccn2)CC1. The van der Waals surface area contributed by atoms with Gasteiger partial charge in [-0.1, -0.05) is 29.8 Å². The van der Waals surface area contributed by atoms with Crippen molar-refractivity contribution in [2.75, 3.05) is 32.7 Å². The van der Waals surface area contributed by atoms with Crippen LogP contribution in [0.2, 0.25) is 5.02 Å². The van der Waals surface area contributed by atoms with Crippen LogP contribution in [0.4, 0.5) is 0 Å². The van der Waals surface area contributed by atoms with Gasteiger partial charge in [0.1, 0.15) is 0 Å². The molecule has 1 aromatic carbocycles. The van der Waals surface area contributed by atoms with Crippen LogP contribution in [0, 0.1) is 0 Å². The summed E-state index contributed by atoms with van der Waals surface area (Å²) in [5, 5.41) is 4.87. The third-order valence-electron chi connectivity index (χ3n) is 4.20. The number of benzene rings is 1. The lowest BCUT2D eigenvalue weighted by Crippen LogP contribution is -2.48. The highest BCUT2D eigenvalue weighted by Gasteiger charge is 2.19. The van der Waals surface area contributed by atoms with E-state index in [1.807, 2.05) is 46.1 Å². The zero-order chi connectivity index (χ0) is 16.8. The lowest BCUT2D eigenvalue weighted by atomic mass is 10.2. The fourth-order valence-electron chi connectivity index (χ4n) is 2.75. The van der Waals surface area contributed by atoms with Gasteiger partial charge in [0.2, 0.25) is 5.91 Å². The van der Waals surface area contributed by atoms with Crippen LogP contribution >= 0.6 is 11.6 Å². The molecule has 24 heavy (non-hydrogen) atoms. The van der Waals surface area contributed by atoms with Crippen molar-refractivity contribution in [2.45, 2.75) is 6.54 Å². The van der Waals surface area contributed by atoms with Crippen molar-refractivity contribution in [2.24, 2.45) is 0 Å². The van der Waals surface area contributed by atoms with E-state index in [4.69, 9.17) is 11.6 Å². The Morgan fingerprint density at radius 3 is 2.62 bits per heavy atom. The van der Waals surface area contributed by atoms with E-state index in [-0.39, 0.29) is 5.91 Å². The monoisotopic (exact) mass is 344 g/mol. The predicted molar refractivity (Wildman–Crippen MR) is 95.7 cm³/mol. The summed E-state index contributed by atoms with van der Waals surface area (Å²) in [7, 11) is 0. The lowest BCUT2D eigenvalue weighted by molar-refractivity contribution is -0.127. The van der Waals surface area contributed by atoms with E-state index in [0.29, 0.717) is 5.02 Å². The van der Waals surface area contributed by atoms with Gasteiger partial charge in [0.05, 0.1) is 6.54 Å². The maximum absolute atomic E-state index is 12.3. The highest BCUT2D eigenvalue weighted by Crippen LogP contribution is 2.16. The minimum absolute atomic E-state index is 0.0432. The van der Waals surface area contributed by atoms with Gasteiger partial charge in [-0.15, -0.1) is 0 Å². The van der Waals surface area contributed by atoms with Crippen LogP contribution in [0.25, 0.3) is 6.08 Å². The number of hydrogen-bond donors (Lipinski definition) is 0. The number of aromatic nitrogens is 2. The number of carbonyl (C=O) groups is 1. The van der Waals surface area contributed by atoms with E-state index in [1.54, 1.807) is 18.3 Å². The first-order valence-electron chi connectivity index (χ1n) is 8.14. The number of amides is 1. The summed E-state index contributed by atoms with van der Waals surface area (Å²) in [6, 6.07) is 9.45. The Morgan fingerprint density at radius 2 is 1.92 bits per heavy atom. The Hall–Kier alpha value is -2.11. The third-order valence-corrected chi connectivity index (χ3v) is 4.54. The molecular formula is C18H21ClN4O.